The number of hydrogen-bond acceptors (Lipinski definition) is 4. The highest BCUT2D eigenvalue weighted by molar-refractivity contribution is 7.92. The lowest BCUT2D eigenvalue weighted by molar-refractivity contribution is -0.140. The van der Waals surface area contributed by atoms with Gasteiger partial charge in [0.15, 0.2) is 0 Å². The van der Waals surface area contributed by atoms with Gasteiger partial charge in [-0.1, -0.05) is 73.4 Å². The third-order valence-electron chi connectivity index (χ3n) is 6.47. The number of sulfonamides is 1. The fraction of sp³-hybridized carbons (Fsp3) is 0.310. The Kier molecular flexibility index (Phi) is 11.0. The van der Waals surface area contributed by atoms with Crippen LogP contribution in [0.25, 0.3) is 0 Å². The smallest absolute Gasteiger partial charge is 0.264 e. The van der Waals surface area contributed by atoms with Crippen LogP contribution in [-0.2, 0) is 26.2 Å². The molecule has 0 aromatic heterocycles. The minimum absolute atomic E-state index is 0.0994. The molecule has 0 aliphatic rings. The topological polar surface area (TPSA) is 86.8 Å². The summed E-state index contributed by atoms with van der Waals surface area (Å²) in [5, 5.41) is 3.58. The minimum Gasteiger partial charge on any atom is -0.352 e. The molecule has 0 fully saturated rings. The largest absolute Gasteiger partial charge is 0.352 e. The molecule has 0 heterocycles. The molecule has 2 amide bonds. The lowest BCUT2D eigenvalue weighted by atomic mass is 10.1. The highest BCUT2D eigenvalue weighted by Crippen LogP contribution is 2.28. The highest BCUT2D eigenvalue weighted by Gasteiger charge is 2.35. The van der Waals surface area contributed by atoms with Crippen molar-refractivity contribution in [2.45, 2.75) is 57.1 Å². The Morgan fingerprint density at radius 3 is 2.20 bits per heavy atom. The number of carbonyl (C=O) groups excluding carboxylic acids is 2. The quantitative estimate of drug-likeness (QED) is 0.271. The summed E-state index contributed by atoms with van der Waals surface area (Å²) < 4.78 is 43.2. The Morgan fingerprint density at radius 2 is 1.60 bits per heavy atom. The van der Waals surface area contributed by atoms with E-state index in [-0.39, 0.29) is 34.6 Å². The highest BCUT2D eigenvalue weighted by atomic mass is 35.5. The average molecular weight is 609 g/mol. The molecule has 3 aromatic carbocycles. The maximum absolute atomic E-state index is 15.0. The van der Waals surface area contributed by atoms with Crippen molar-refractivity contribution < 1.29 is 22.4 Å². The Balaban J connectivity index is 2.08. The first-order valence-corrected chi connectivity index (χ1v) is 15.0. The Morgan fingerprint density at radius 1 is 0.950 bits per heavy atom. The molecule has 3 aromatic rings. The van der Waals surface area contributed by atoms with Crippen LogP contribution < -0.4 is 9.62 Å². The molecule has 0 saturated heterocycles. The number of halogens is 3. The number of anilines is 1. The Hall–Kier alpha value is -3.14. The van der Waals surface area contributed by atoms with Crippen LogP contribution in [0.5, 0.6) is 0 Å². The van der Waals surface area contributed by atoms with Gasteiger partial charge in [-0.05, 0) is 61.7 Å². The van der Waals surface area contributed by atoms with Crippen LogP contribution in [0.3, 0.4) is 0 Å². The van der Waals surface area contributed by atoms with Crippen LogP contribution in [0.15, 0.2) is 77.7 Å². The molecule has 7 nitrogen and oxygen atoms in total. The van der Waals surface area contributed by atoms with Crippen LogP contribution >= 0.6 is 23.2 Å². The van der Waals surface area contributed by atoms with Gasteiger partial charge in [-0.3, -0.25) is 13.9 Å². The van der Waals surface area contributed by atoms with Gasteiger partial charge in [0.2, 0.25) is 11.8 Å². The van der Waals surface area contributed by atoms with Crippen LogP contribution in [0, 0.1) is 5.82 Å². The number of benzene rings is 3. The van der Waals surface area contributed by atoms with E-state index in [4.69, 9.17) is 23.2 Å². The van der Waals surface area contributed by atoms with Gasteiger partial charge in [-0.25, -0.2) is 12.8 Å². The molecule has 214 valence electrons. The first-order valence-electron chi connectivity index (χ1n) is 12.9. The van der Waals surface area contributed by atoms with Crippen molar-refractivity contribution in [2.24, 2.45) is 0 Å². The summed E-state index contributed by atoms with van der Waals surface area (Å²) in [5.41, 5.74) is 0.221. The van der Waals surface area contributed by atoms with E-state index in [0.717, 1.165) is 10.4 Å². The predicted octanol–water partition coefficient (Wildman–Crippen LogP) is 6.05. The number of nitrogens with zero attached hydrogens (tertiary/aromatic N) is 2. The van der Waals surface area contributed by atoms with E-state index in [1.807, 2.05) is 13.8 Å². The Bertz CT molecular complexity index is 1440. The fourth-order valence-corrected chi connectivity index (χ4v) is 5.99. The van der Waals surface area contributed by atoms with Crippen LogP contribution in [0.1, 0.15) is 39.2 Å². The summed E-state index contributed by atoms with van der Waals surface area (Å²) in [6.45, 7) is 4.66. The SMILES string of the molecule is CCC(C)NC(=O)C(CC)N(Cc1ccc(Cl)cc1Cl)C(=O)CN(c1ccccc1F)S(=O)(=O)c1ccccc1. The van der Waals surface area contributed by atoms with Gasteiger partial charge in [0.05, 0.1) is 10.6 Å². The van der Waals surface area contributed by atoms with E-state index in [0.29, 0.717) is 17.0 Å². The van der Waals surface area contributed by atoms with Crippen molar-refractivity contribution in [3.8, 4) is 0 Å². The number of para-hydroxylation sites is 1. The second-order valence-electron chi connectivity index (χ2n) is 9.28. The molecule has 3 rings (SSSR count). The molecular formula is C29H32Cl2FN3O4S. The second kappa shape index (κ2) is 14.0. The molecule has 0 spiro atoms. The zero-order valence-electron chi connectivity index (χ0n) is 22.5. The van der Waals surface area contributed by atoms with Gasteiger partial charge < -0.3 is 10.2 Å². The van der Waals surface area contributed by atoms with Crippen molar-refractivity contribution in [2.75, 3.05) is 10.8 Å². The van der Waals surface area contributed by atoms with Gasteiger partial charge in [0.25, 0.3) is 10.0 Å². The fourth-order valence-electron chi connectivity index (χ4n) is 4.08. The van der Waals surface area contributed by atoms with E-state index in [1.54, 1.807) is 25.1 Å². The molecule has 2 unspecified atom stereocenters. The number of rotatable bonds is 12. The van der Waals surface area contributed by atoms with Gasteiger partial charge >= 0.3 is 0 Å². The van der Waals surface area contributed by atoms with Crippen LogP contribution in [-0.4, -0.2) is 43.8 Å². The van der Waals surface area contributed by atoms with Gasteiger partial charge in [-0.2, -0.15) is 0 Å². The normalized spacial score (nSPS) is 12.8. The summed E-state index contributed by atoms with van der Waals surface area (Å²) in [6, 6.07) is 16.4. The van der Waals surface area contributed by atoms with Crippen molar-refractivity contribution in [3.05, 3.63) is 94.2 Å². The van der Waals surface area contributed by atoms with Crippen LogP contribution in [0.2, 0.25) is 10.0 Å². The Labute approximate surface area is 244 Å². The summed E-state index contributed by atoms with van der Waals surface area (Å²) in [6.07, 6.45) is 0.917. The molecular weight excluding hydrogens is 576 g/mol. The van der Waals surface area contributed by atoms with Crippen molar-refractivity contribution in [3.63, 3.8) is 0 Å². The minimum atomic E-state index is -4.37. The second-order valence-corrected chi connectivity index (χ2v) is 12.0. The average Bonchev–Trinajstić information content (AvgIpc) is 2.93. The molecule has 2 atom stereocenters. The molecule has 11 heteroatoms. The third kappa shape index (κ3) is 7.53. The summed E-state index contributed by atoms with van der Waals surface area (Å²) >= 11 is 12.5. The molecule has 40 heavy (non-hydrogen) atoms. The van der Waals surface area contributed by atoms with Gasteiger partial charge in [0.1, 0.15) is 18.4 Å². The predicted molar refractivity (Wildman–Crippen MR) is 156 cm³/mol. The maximum atomic E-state index is 15.0. The van der Waals surface area contributed by atoms with E-state index in [2.05, 4.69) is 5.32 Å². The molecule has 0 bridgehead atoms. The molecule has 0 saturated carbocycles. The molecule has 0 radical (unpaired) electrons. The molecule has 0 aliphatic heterocycles. The van der Waals surface area contributed by atoms with Crippen molar-refractivity contribution in [1.29, 1.82) is 0 Å². The van der Waals surface area contributed by atoms with Crippen molar-refractivity contribution in [1.82, 2.24) is 10.2 Å². The lowest BCUT2D eigenvalue weighted by Gasteiger charge is -2.34. The summed E-state index contributed by atoms with van der Waals surface area (Å²) in [7, 11) is -4.37. The third-order valence-corrected chi connectivity index (χ3v) is 8.83. The van der Waals surface area contributed by atoms with Gasteiger partial charge in [-0.15, -0.1) is 0 Å². The zero-order valence-corrected chi connectivity index (χ0v) is 24.8. The number of amides is 2. The van der Waals surface area contributed by atoms with E-state index in [1.165, 1.54) is 53.4 Å². The standard InChI is InChI=1S/C29H32Cl2FN3O4S/c1-4-20(3)33-29(37)26(5-2)34(18-21-15-16-22(30)17-24(21)31)28(36)19-35(27-14-10-9-13-25(27)32)40(38,39)23-11-7-6-8-12-23/h6-17,20,26H,4-5,18-19H2,1-3H3,(H,33,37). The first-order chi connectivity index (χ1) is 19.0. The van der Waals surface area contributed by atoms with Gasteiger partial charge in [0, 0.05) is 22.6 Å². The van der Waals surface area contributed by atoms with E-state index < -0.39 is 40.2 Å². The van der Waals surface area contributed by atoms with Crippen LogP contribution in [0.4, 0.5) is 10.1 Å². The first kappa shape index (κ1) is 31.4. The molecule has 0 aliphatic carbocycles. The maximum Gasteiger partial charge on any atom is 0.264 e. The van der Waals surface area contributed by atoms with Crippen molar-refractivity contribution >= 4 is 50.7 Å². The molecule has 1 N–H and O–H groups in total. The summed E-state index contributed by atoms with van der Waals surface area (Å²) in [4.78, 5) is 28.5. The van der Waals surface area contributed by atoms with E-state index in [9.17, 15) is 22.4 Å². The number of nitrogens with one attached hydrogen (secondary N) is 1. The number of hydrogen-bond donors (Lipinski definition) is 1. The summed E-state index contributed by atoms with van der Waals surface area (Å²) in [5.74, 6) is -1.91. The van der Waals surface area contributed by atoms with E-state index >= 15 is 0 Å². The zero-order chi connectivity index (χ0) is 29.4. The number of carbonyl (C=O) groups is 2. The lowest BCUT2D eigenvalue weighted by Crippen LogP contribution is -2.53. The monoisotopic (exact) mass is 607 g/mol.